The lowest BCUT2D eigenvalue weighted by Gasteiger charge is -2.15. The van der Waals surface area contributed by atoms with Gasteiger partial charge < -0.3 is 20.3 Å². The third kappa shape index (κ3) is 4.38. The maximum atomic E-state index is 10.8. The van der Waals surface area contributed by atoms with Gasteiger partial charge in [0.25, 0.3) is 0 Å². The van der Waals surface area contributed by atoms with Crippen LogP contribution in [0.4, 0.5) is 0 Å². The van der Waals surface area contributed by atoms with Crippen LogP contribution in [0.25, 0.3) is 0 Å². The van der Waals surface area contributed by atoms with Crippen LogP contribution in [-0.4, -0.2) is 42.5 Å². The Bertz CT molecular complexity index is 411. The Kier molecular flexibility index (Phi) is 6.28. The average molecular weight is 318 g/mol. The molecule has 0 amide bonds. The lowest BCUT2D eigenvalue weighted by Crippen LogP contribution is -2.36. The first-order valence-corrected chi connectivity index (χ1v) is 6.22. The molecule has 1 unspecified atom stereocenters. The fourth-order valence-corrected chi connectivity index (χ4v) is 1.97. The number of ether oxygens (including phenoxy) is 1. The van der Waals surface area contributed by atoms with Gasteiger partial charge in [0, 0.05) is 18.1 Å². The van der Waals surface area contributed by atoms with Crippen molar-refractivity contribution in [2.24, 2.45) is 0 Å². The van der Waals surface area contributed by atoms with Crippen LogP contribution in [0.2, 0.25) is 0 Å². The summed E-state index contributed by atoms with van der Waals surface area (Å²) in [7, 11) is 1.57. The zero-order chi connectivity index (χ0) is 13.5. The second kappa shape index (κ2) is 7.48. The van der Waals surface area contributed by atoms with Crippen molar-refractivity contribution in [3.8, 4) is 0 Å². The van der Waals surface area contributed by atoms with E-state index >= 15 is 0 Å². The summed E-state index contributed by atoms with van der Waals surface area (Å²) < 4.78 is 5.68. The van der Waals surface area contributed by atoms with E-state index in [4.69, 9.17) is 14.9 Å². The minimum Gasteiger partial charge on any atom is -0.478 e. The zero-order valence-electron chi connectivity index (χ0n) is 10.0. The molecule has 0 saturated heterocycles. The number of aliphatic hydroxyl groups excluding tert-OH is 1. The van der Waals surface area contributed by atoms with Crippen molar-refractivity contribution in [1.29, 1.82) is 0 Å². The predicted molar refractivity (Wildman–Crippen MR) is 70.7 cm³/mol. The minimum absolute atomic E-state index is 0.0152. The van der Waals surface area contributed by atoms with E-state index in [-0.39, 0.29) is 18.2 Å². The summed E-state index contributed by atoms with van der Waals surface area (Å²) in [5, 5.41) is 21.1. The molecule has 3 N–H and O–H groups in total. The lowest BCUT2D eigenvalue weighted by molar-refractivity contribution is 0.0697. The Morgan fingerprint density at radius 2 is 2.28 bits per heavy atom. The molecule has 0 fully saturated rings. The number of carboxylic acids is 1. The van der Waals surface area contributed by atoms with Gasteiger partial charge in [-0.3, -0.25) is 0 Å². The van der Waals surface area contributed by atoms with E-state index in [1.54, 1.807) is 25.3 Å². The molecule has 0 heterocycles. The highest BCUT2D eigenvalue weighted by atomic mass is 79.9. The van der Waals surface area contributed by atoms with E-state index in [1.165, 1.54) is 0 Å². The number of aliphatic hydroxyl groups is 1. The average Bonchev–Trinajstić information content (AvgIpc) is 2.35. The first-order valence-electron chi connectivity index (χ1n) is 5.43. The molecule has 5 nitrogen and oxygen atoms in total. The summed E-state index contributed by atoms with van der Waals surface area (Å²) in [4.78, 5) is 10.8. The molecular formula is C12H16BrNO4. The van der Waals surface area contributed by atoms with Crippen LogP contribution < -0.4 is 5.32 Å². The number of carbonyl (C=O) groups is 1. The van der Waals surface area contributed by atoms with Crippen molar-refractivity contribution in [1.82, 2.24) is 5.32 Å². The van der Waals surface area contributed by atoms with Gasteiger partial charge in [-0.15, -0.1) is 0 Å². The second-order valence-electron chi connectivity index (χ2n) is 3.83. The van der Waals surface area contributed by atoms with E-state index in [9.17, 15) is 4.79 Å². The van der Waals surface area contributed by atoms with Crippen LogP contribution in [0.15, 0.2) is 22.7 Å². The summed E-state index contributed by atoms with van der Waals surface area (Å²) in [5.41, 5.74) is 1.16. The van der Waals surface area contributed by atoms with E-state index in [0.29, 0.717) is 13.2 Å². The summed E-state index contributed by atoms with van der Waals surface area (Å²) in [6, 6.07) is 4.71. The molecule has 0 radical (unpaired) electrons. The van der Waals surface area contributed by atoms with Gasteiger partial charge in [-0.05, 0) is 17.7 Å². The summed E-state index contributed by atoms with van der Waals surface area (Å²) >= 11 is 3.33. The molecule has 0 aromatic heterocycles. The van der Waals surface area contributed by atoms with Crippen molar-refractivity contribution in [2.45, 2.75) is 12.6 Å². The SMILES string of the molecule is COCC(CO)NCc1ccc(C(=O)O)cc1Br. The van der Waals surface area contributed by atoms with E-state index < -0.39 is 5.97 Å². The monoisotopic (exact) mass is 317 g/mol. The van der Waals surface area contributed by atoms with Gasteiger partial charge in [0.2, 0.25) is 0 Å². The number of aromatic carboxylic acids is 1. The van der Waals surface area contributed by atoms with Crippen LogP contribution >= 0.6 is 15.9 Å². The maximum Gasteiger partial charge on any atom is 0.335 e. The lowest BCUT2D eigenvalue weighted by atomic mass is 10.1. The highest BCUT2D eigenvalue weighted by Crippen LogP contribution is 2.18. The molecule has 1 aromatic carbocycles. The molecule has 100 valence electrons. The highest BCUT2D eigenvalue weighted by Gasteiger charge is 2.09. The molecule has 18 heavy (non-hydrogen) atoms. The van der Waals surface area contributed by atoms with Gasteiger partial charge in [-0.1, -0.05) is 22.0 Å². The second-order valence-corrected chi connectivity index (χ2v) is 4.68. The van der Waals surface area contributed by atoms with Crippen LogP contribution in [0.3, 0.4) is 0 Å². The molecule has 1 aromatic rings. The Hall–Kier alpha value is -0.950. The van der Waals surface area contributed by atoms with Crippen molar-refractivity contribution in [2.75, 3.05) is 20.3 Å². The fraction of sp³-hybridized carbons (Fsp3) is 0.417. The number of carboxylic acid groups (broad SMARTS) is 1. The molecular weight excluding hydrogens is 302 g/mol. The van der Waals surface area contributed by atoms with Gasteiger partial charge >= 0.3 is 5.97 Å². The minimum atomic E-state index is -0.956. The number of rotatable bonds is 7. The molecule has 0 aliphatic heterocycles. The molecule has 0 bridgehead atoms. The normalized spacial score (nSPS) is 12.4. The summed E-state index contributed by atoms with van der Waals surface area (Å²) in [6.07, 6.45) is 0. The largest absolute Gasteiger partial charge is 0.478 e. The van der Waals surface area contributed by atoms with Crippen LogP contribution in [0.1, 0.15) is 15.9 Å². The number of halogens is 1. The molecule has 0 saturated carbocycles. The molecule has 0 aliphatic carbocycles. The Morgan fingerprint density at radius 3 is 2.78 bits per heavy atom. The fourth-order valence-electron chi connectivity index (χ4n) is 1.46. The molecule has 0 spiro atoms. The van der Waals surface area contributed by atoms with E-state index in [2.05, 4.69) is 21.2 Å². The van der Waals surface area contributed by atoms with Gasteiger partial charge in [-0.25, -0.2) is 4.79 Å². The van der Waals surface area contributed by atoms with Crippen molar-refractivity contribution in [3.05, 3.63) is 33.8 Å². The van der Waals surface area contributed by atoms with Crippen molar-refractivity contribution >= 4 is 21.9 Å². The topological polar surface area (TPSA) is 78.8 Å². The highest BCUT2D eigenvalue weighted by molar-refractivity contribution is 9.10. The number of hydrogen-bond donors (Lipinski definition) is 3. The van der Waals surface area contributed by atoms with Gasteiger partial charge in [0.15, 0.2) is 0 Å². The third-order valence-electron chi connectivity index (χ3n) is 2.47. The van der Waals surface area contributed by atoms with Gasteiger partial charge in [-0.2, -0.15) is 0 Å². The number of nitrogens with one attached hydrogen (secondary N) is 1. The third-order valence-corrected chi connectivity index (χ3v) is 3.21. The van der Waals surface area contributed by atoms with Gasteiger partial charge in [0.1, 0.15) is 0 Å². The van der Waals surface area contributed by atoms with Crippen molar-refractivity contribution in [3.63, 3.8) is 0 Å². The Morgan fingerprint density at radius 1 is 1.56 bits per heavy atom. The molecule has 1 atom stereocenters. The molecule has 6 heteroatoms. The quantitative estimate of drug-likeness (QED) is 0.705. The van der Waals surface area contributed by atoms with Crippen LogP contribution in [0.5, 0.6) is 0 Å². The predicted octanol–water partition coefficient (Wildman–Crippen LogP) is 1.24. The standard InChI is InChI=1S/C12H16BrNO4/c1-18-7-10(6-15)14-5-9-3-2-8(12(16)17)4-11(9)13/h2-4,10,14-15H,5-7H2,1H3,(H,16,17). The number of methoxy groups -OCH3 is 1. The summed E-state index contributed by atoms with van der Waals surface area (Å²) in [6.45, 7) is 0.926. The smallest absolute Gasteiger partial charge is 0.335 e. The van der Waals surface area contributed by atoms with E-state index in [0.717, 1.165) is 10.0 Å². The first-order chi connectivity index (χ1) is 8.58. The van der Waals surface area contributed by atoms with Gasteiger partial charge in [0.05, 0.1) is 24.8 Å². The van der Waals surface area contributed by atoms with Crippen molar-refractivity contribution < 1.29 is 19.7 Å². The van der Waals surface area contributed by atoms with E-state index in [1.807, 2.05) is 0 Å². The van der Waals surface area contributed by atoms with Crippen LogP contribution in [-0.2, 0) is 11.3 Å². The summed E-state index contributed by atoms with van der Waals surface area (Å²) in [5.74, 6) is -0.956. The zero-order valence-corrected chi connectivity index (χ0v) is 11.6. The first kappa shape index (κ1) is 15.1. The number of benzene rings is 1. The molecule has 0 aliphatic rings. The maximum absolute atomic E-state index is 10.8. The molecule has 1 rings (SSSR count). The Labute approximate surface area is 114 Å². The Balaban J connectivity index is 2.65. The van der Waals surface area contributed by atoms with Crippen LogP contribution in [0, 0.1) is 0 Å². The number of hydrogen-bond acceptors (Lipinski definition) is 4.